The second kappa shape index (κ2) is 12.0. The Morgan fingerprint density at radius 2 is 1.68 bits per heavy atom. The van der Waals surface area contributed by atoms with Crippen molar-refractivity contribution in [1.82, 2.24) is 14.5 Å². The van der Waals surface area contributed by atoms with Gasteiger partial charge in [-0.2, -0.15) is 0 Å². The first-order valence-electron chi connectivity index (χ1n) is 12.9. The summed E-state index contributed by atoms with van der Waals surface area (Å²) in [6, 6.07) is 24.6. The van der Waals surface area contributed by atoms with Crippen molar-refractivity contribution in [2.45, 2.75) is 45.6 Å². The Kier molecular flexibility index (Phi) is 8.51. The van der Waals surface area contributed by atoms with E-state index in [1.807, 2.05) is 98.5 Å². The average molecular weight is 498 g/mol. The molecule has 2 unspecified atom stereocenters. The van der Waals surface area contributed by atoms with Crippen molar-refractivity contribution in [3.63, 3.8) is 0 Å². The maximum atomic E-state index is 14.1. The standard InChI is InChI=1S/C31H35N3O3/c1-5-26(24-12-7-6-8-13-24)30(35)33(20-11-21-37-4)23(3)29-32-28-15-10-9-14-27(28)31(36)34(29)25-18-16-22(2)17-19-25/h6-10,12-19,23,26H,5,11,20-21H2,1-4H3. The van der Waals surface area contributed by atoms with Crippen molar-refractivity contribution >= 4 is 16.8 Å². The SMILES string of the molecule is CCC(C(=O)N(CCCOC)C(C)c1nc2ccccc2c(=O)n1-c1ccc(C)cc1)c1ccccc1. The number of hydrogen-bond acceptors (Lipinski definition) is 4. The van der Waals surface area contributed by atoms with Crippen LogP contribution in [0.3, 0.4) is 0 Å². The van der Waals surface area contributed by atoms with E-state index in [1.54, 1.807) is 17.7 Å². The Balaban J connectivity index is 1.86. The highest BCUT2D eigenvalue weighted by Gasteiger charge is 2.31. The zero-order chi connectivity index (χ0) is 26.4. The lowest BCUT2D eigenvalue weighted by Gasteiger charge is -2.33. The molecule has 6 heteroatoms. The highest BCUT2D eigenvalue weighted by molar-refractivity contribution is 5.84. The van der Waals surface area contributed by atoms with E-state index >= 15 is 0 Å². The first kappa shape index (κ1) is 26.3. The van der Waals surface area contributed by atoms with Crippen molar-refractivity contribution in [2.24, 2.45) is 0 Å². The zero-order valence-corrected chi connectivity index (χ0v) is 22.1. The number of aryl methyl sites for hydroxylation is 1. The van der Waals surface area contributed by atoms with Crippen LogP contribution in [0.4, 0.5) is 0 Å². The number of aromatic nitrogens is 2. The lowest BCUT2D eigenvalue weighted by atomic mass is 9.94. The van der Waals surface area contributed by atoms with Gasteiger partial charge in [0.1, 0.15) is 5.82 Å². The number of carbonyl (C=O) groups is 1. The van der Waals surface area contributed by atoms with Crippen LogP contribution in [0.1, 0.15) is 55.6 Å². The van der Waals surface area contributed by atoms with Gasteiger partial charge < -0.3 is 9.64 Å². The molecule has 1 amide bonds. The molecule has 0 aliphatic heterocycles. The molecule has 0 aliphatic rings. The first-order valence-corrected chi connectivity index (χ1v) is 12.9. The third kappa shape index (κ3) is 5.65. The number of ether oxygens (including phenoxy) is 1. The quantitative estimate of drug-likeness (QED) is 0.259. The van der Waals surface area contributed by atoms with Gasteiger partial charge in [-0.1, -0.05) is 67.1 Å². The highest BCUT2D eigenvalue weighted by Crippen LogP contribution is 2.29. The Labute approximate surface area is 218 Å². The lowest BCUT2D eigenvalue weighted by molar-refractivity contribution is -0.135. The molecule has 1 aromatic heterocycles. The minimum Gasteiger partial charge on any atom is -0.385 e. The van der Waals surface area contributed by atoms with Gasteiger partial charge in [-0.25, -0.2) is 4.98 Å². The fourth-order valence-corrected chi connectivity index (χ4v) is 4.83. The molecule has 0 saturated carbocycles. The number of para-hydroxylation sites is 1. The van der Waals surface area contributed by atoms with E-state index in [1.165, 1.54) is 0 Å². The largest absolute Gasteiger partial charge is 0.385 e. The van der Waals surface area contributed by atoms with Gasteiger partial charge in [0.05, 0.1) is 28.6 Å². The number of rotatable bonds is 10. The molecule has 0 aliphatic carbocycles. The lowest BCUT2D eigenvalue weighted by Crippen LogP contribution is -2.40. The highest BCUT2D eigenvalue weighted by atomic mass is 16.5. The summed E-state index contributed by atoms with van der Waals surface area (Å²) in [5.74, 6) is 0.280. The van der Waals surface area contributed by atoms with E-state index in [9.17, 15) is 9.59 Å². The van der Waals surface area contributed by atoms with Gasteiger partial charge in [-0.05, 0) is 56.5 Å². The normalized spacial score (nSPS) is 12.9. The molecular weight excluding hydrogens is 462 g/mol. The van der Waals surface area contributed by atoms with Crippen LogP contribution in [0.25, 0.3) is 16.6 Å². The van der Waals surface area contributed by atoms with Crippen LogP contribution in [-0.4, -0.2) is 40.6 Å². The van der Waals surface area contributed by atoms with E-state index in [0.29, 0.717) is 42.7 Å². The fourth-order valence-electron chi connectivity index (χ4n) is 4.83. The molecular formula is C31H35N3O3. The summed E-state index contributed by atoms with van der Waals surface area (Å²) in [7, 11) is 1.66. The molecule has 0 radical (unpaired) electrons. The maximum absolute atomic E-state index is 14.1. The number of fused-ring (bicyclic) bond motifs is 1. The predicted molar refractivity (Wildman–Crippen MR) is 148 cm³/mol. The fraction of sp³-hybridized carbons (Fsp3) is 0.323. The predicted octanol–water partition coefficient (Wildman–Crippen LogP) is 5.81. The zero-order valence-electron chi connectivity index (χ0n) is 22.1. The molecule has 192 valence electrons. The molecule has 0 fully saturated rings. The van der Waals surface area contributed by atoms with Crippen LogP contribution in [-0.2, 0) is 9.53 Å². The van der Waals surface area contributed by atoms with Crippen LogP contribution in [0.15, 0.2) is 83.7 Å². The summed E-state index contributed by atoms with van der Waals surface area (Å²) in [4.78, 5) is 34.7. The van der Waals surface area contributed by atoms with E-state index < -0.39 is 6.04 Å². The molecule has 4 aromatic rings. The molecule has 0 bridgehead atoms. The van der Waals surface area contributed by atoms with E-state index in [-0.39, 0.29) is 17.4 Å². The average Bonchev–Trinajstić information content (AvgIpc) is 2.92. The third-order valence-electron chi connectivity index (χ3n) is 6.87. The summed E-state index contributed by atoms with van der Waals surface area (Å²) < 4.78 is 6.96. The van der Waals surface area contributed by atoms with Gasteiger partial charge in [-0.15, -0.1) is 0 Å². The molecule has 2 atom stereocenters. The maximum Gasteiger partial charge on any atom is 0.266 e. The topological polar surface area (TPSA) is 64.4 Å². The van der Waals surface area contributed by atoms with Crippen molar-refractivity contribution in [3.05, 3.63) is 106 Å². The van der Waals surface area contributed by atoms with Crippen LogP contribution >= 0.6 is 0 Å². The molecule has 0 N–H and O–H groups in total. The Bertz CT molecular complexity index is 1400. The summed E-state index contributed by atoms with van der Waals surface area (Å²) in [6.07, 6.45) is 1.35. The molecule has 0 spiro atoms. The minimum absolute atomic E-state index is 0.0233. The number of benzene rings is 3. The molecule has 0 saturated heterocycles. The number of hydrogen-bond donors (Lipinski definition) is 0. The van der Waals surface area contributed by atoms with Crippen LogP contribution in [0.2, 0.25) is 0 Å². The molecule has 1 heterocycles. The Morgan fingerprint density at radius 1 is 1.00 bits per heavy atom. The van der Waals surface area contributed by atoms with E-state index in [0.717, 1.165) is 16.8 Å². The summed E-state index contributed by atoms with van der Waals surface area (Å²) in [5.41, 5.74) is 3.30. The molecule has 4 rings (SSSR count). The van der Waals surface area contributed by atoms with Gasteiger partial charge in [0, 0.05) is 20.3 Å². The second-order valence-electron chi connectivity index (χ2n) is 9.39. The van der Waals surface area contributed by atoms with E-state index in [2.05, 4.69) is 0 Å². The van der Waals surface area contributed by atoms with Crippen LogP contribution in [0.5, 0.6) is 0 Å². The van der Waals surface area contributed by atoms with Gasteiger partial charge in [0.25, 0.3) is 5.56 Å². The molecule has 37 heavy (non-hydrogen) atoms. The Morgan fingerprint density at radius 3 is 2.35 bits per heavy atom. The van der Waals surface area contributed by atoms with E-state index in [4.69, 9.17) is 9.72 Å². The Hall–Kier alpha value is -3.77. The van der Waals surface area contributed by atoms with Crippen molar-refractivity contribution < 1.29 is 9.53 Å². The number of nitrogens with zero attached hydrogens (tertiary/aromatic N) is 3. The minimum atomic E-state index is -0.444. The first-order chi connectivity index (χ1) is 18.0. The monoisotopic (exact) mass is 497 g/mol. The summed E-state index contributed by atoms with van der Waals surface area (Å²) in [6.45, 7) is 7.04. The van der Waals surface area contributed by atoms with Gasteiger partial charge in [0.15, 0.2) is 0 Å². The smallest absolute Gasteiger partial charge is 0.266 e. The third-order valence-corrected chi connectivity index (χ3v) is 6.87. The number of methoxy groups -OCH3 is 1. The molecule has 6 nitrogen and oxygen atoms in total. The van der Waals surface area contributed by atoms with Gasteiger partial charge in [0.2, 0.25) is 5.91 Å². The number of amides is 1. The van der Waals surface area contributed by atoms with Crippen molar-refractivity contribution in [1.29, 1.82) is 0 Å². The molecule has 3 aromatic carbocycles. The van der Waals surface area contributed by atoms with Crippen LogP contribution in [0, 0.1) is 6.92 Å². The summed E-state index contributed by atoms with van der Waals surface area (Å²) in [5, 5.41) is 0.548. The van der Waals surface area contributed by atoms with Crippen LogP contribution < -0.4 is 5.56 Å². The second-order valence-corrected chi connectivity index (χ2v) is 9.39. The van der Waals surface area contributed by atoms with Crippen molar-refractivity contribution in [2.75, 3.05) is 20.3 Å². The van der Waals surface area contributed by atoms with Crippen molar-refractivity contribution in [3.8, 4) is 5.69 Å². The number of carbonyl (C=O) groups excluding carboxylic acids is 1. The van der Waals surface area contributed by atoms with Gasteiger partial charge >= 0.3 is 0 Å². The summed E-state index contributed by atoms with van der Waals surface area (Å²) >= 11 is 0. The van der Waals surface area contributed by atoms with Gasteiger partial charge in [-0.3, -0.25) is 14.2 Å².